The van der Waals surface area contributed by atoms with Crippen molar-refractivity contribution in [1.29, 1.82) is 0 Å². The molecule has 9 heteroatoms. The third-order valence-corrected chi connectivity index (χ3v) is 3.98. The molecule has 1 heterocycles. The molecule has 8 nitrogen and oxygen atoms in total. The third kappa shape index (κ3) is 4.80. The summed E-state index contributed by atoms with van der Waals surface area (Å²) in [6.45, 7) is 1.16. The molecule has 0 fully saturated rings. The zero-order valence-corrected chi connectivity index (χ0v) is 15.6. The van der Waals surface area contributed by atoms with Crippen molar-refractivity contribution in [2.75, 3.05) is 11.9 Å². The zero-order chi connectivity index (χ0) is 19.9. The van der Waals surface area contributed by atoms with Crippen LogP contribution >= 0.6 is 11.6 Å². The van der Waals surface area contributed by atoms with Crippen LogP contribution in [0.25, 0.3) is 11.8 Å². The van der Waals surface area contributed by atoms with Crippen molar-refractivity contribution < 1.29 is 14.3 Å². The second-order valence-electron chi connectivity index (χ2n) is 5.68. The molecule has 28 heavy (non-hydrogen) atoms. The molecule has 1 amide bonds. The number of esters is 1. The first-order chi connectivity index (χ1) is 13.5. The molecular formula is C19H16ClN5O3. The quantitative estimate of drug-likeness (QED) is 0.507. The molecule has 1 N–H and O–H groups in total. The van der Waals surface area contributed by atoms with Gasteiger partial charge in [-0.05, 0) is 41.1 Å². The molecule has 3 aromatic rings. The van der Waals surface area contributed by atoms with E-state index in [1.54, 1.807) is 37.3 Å². The van der Waals surface area contributed by atoms with Gasteiger partial charge in [-0.15, -0.1) is 5.10 Å². The first-order valence-corrected chi connectivity index (χ1v) is 8.66. The molecule has 0 aliphatic carbocycles. The van der Waals surface area contributed by atoms with Crippen LogP contribution in [0.1, 0.15) is 11.4 Å². The van der Waals surface area contributed by atoms with Crippen LogP contribution in [0.2, 0.25) is 5.02 Å². The maximum Gasteiger partial charge on any atom is 0.357 e. The molecule has 3 rings (SSSR count). The average molecular weight is 398 g/mol. The molecule has 0 atom stereocenters. The summed E-state index contributed by atoms with van der Waals surface area (Å²) in [5, 5.41) is 14.1. The van der Waals surface area contributed by atoms with Crippen LogP contribution in [0, 0.1) is 6.92 Å². The minimum Gasteiger partial charge on any atom is -0.451 e. The average Bonchev–Trinajstić information content (AvgIpc) is 3.12. The second-order valence-corrected chi connectivity index (χ2v) is 6.09. The monoisotopic (exact) mass is 397 g/mol. The van der Waals surface area contributed by atoms with Crippen molar-refractivity contribution in [3.8, 4) is 0 Å². The summed E-state index contributed by atoms with van der Waals surface area (Å²) < 4.78 is 6.40. The fourth-order valence-electron chi connectivity index (χ4n) is 2.32. The summed E-state index contributed by atoms with van der Waals surface area (Å²) in [6, 6.07) is 15.9. The molecule has 2 aromatic carbocycles. The maximum absolute atomic E-state index is 12.6. The van der Waals surface area contributed by atoms with E-state index in [-0.39, 0.29) is 5.70 Å². The zero-order valence-electron chi connectivity index (χ0n) is 14.9. The first-order valence-electron chi connectivity index (χ1n) is 8.28. The van der Waals surface area contributed by atoms with E-state index >= 15 is 0 Å². The van der Waals surface area contributed by atoms with Crippen molar-refractivity contribution in [1.82, 2.24) is 20.2 Å². The number of benzene rings is 2. The highest BCUT2D eigenvalue weighted by Gasteiger charge is 2.19. The molecule has 142 valence electrons. The predicted octanol–water partition coefficient (Wildman–Crippen LogP) is 2.81. The van der Waals surface area contributed by atoms with E-state index < -0.39 is 18.5 Å². The number of hydrogen-bond donors (Lipinski definition) is 1. The van der Waals surface area contributed by atoms with Crippen molar-refractivity contribution in [2.45, 2.75) is 6.92 Å². The summed E-state index contributed by atoms with van der Waals surface area (Å²) in [6.07, 6.45) is 1.58. The Morgan fingerprint density at radius 3 is 2.54 bits per heavy atom. The van der Waals surface area contributed by atoms with E-state index in [2.05, 4.69) is 20.8 Å². The molecule has 1 aromatic heterocycles. The maximum atomic E-state index is 12.6. The summed E-state index contributed by atoms with van der Waals surface area (Å²) in [4.78, 5) is 24.7. The molecule has 0 saturated heterocycles. The summed E-state index contributed by atoms with van der Waals surface area (Å²) >= 11 is 6.00. The Kier molecular flexibility index (Phi) is 6.13. The Bertz CT molecular complexity index is 1020. The van der Waals surface area contributed by atoms with Crippen LogP contribution in [0.3, 0.4) is 0 Å². The molecule has 0 saturated carbocycles. The number of amides is 1. The highest BCUT2D eigenvalue weighted by atomic mass is 35.5. The smallest absolute Gasteiger partial charge is 0.357 e. The SMILES string of the molecule is Cc1nnnn1/C(=C\c1ccccc1)C(=O)OCC(=O)Nc1ccccc1Cl. The lowest BCUT2D eigenvalue weighted by atomic mass is 10.2. The van der Waals surface area contributed by atoms with Crippen molar-refractivity contribution in [3.63, 3.8) is 0 Å². The highest BCUT2D eigenvalue weighted by molar-refractivity contribution is 6.33. The third-order valence-electron chi connectivity index (χ3n) is 3.65. The van der Waals surface area contributed by atoms with Gasteiger partial charge < -0.3 is 10.1 Å². The summed E-state index contributed by atoms with van der Waals surface area (Å²) in [5.41, 5.74) is 1.27. The topological polar surface area (TPSA) is 99.0 Å². The van der Waals surface area contributed by atoms with Gasteiger partial charge in [0.25, 0.3) is 5.91 Å². The number of aryl methyl sites for hydroxylation is 1. The normalized spacial score (nSPS) is 11.1. The van der Waals surface area contributed by atoms with E-state index in [1.165, 1.54) is 4.68 Å². The number of aromatic nitrogens is 4. The molecule has 0 spiro atoms. The molecular weight excluding hydrogens is 382 g/mol. The fourth-order valence-corrected chi connectivity index (χ4v) is 2.50. The van der Waals surface area contributed by atoms with Gasteiger partial charge in [-0.1, -0.05) is 54.1 Å². The van der Waals surface area contributed by atoms with E-state index in [4.69, 9.17) is 16.3 Å². The number of carbonyl (C=O) groups is 2. The standard InChI is InChI=1S/C19H16ClN5O3/c1-13-22-23-24-25(13)17(11-14-7-3-2-4-8-14)19(27)28-12-18(26)21-16-10-6-5-9-15(16)20/h2-11H,12H2,1H3,(H,21,26)/b17-11-. The van der Waals surface area contributed by atoms with Crippen LogP contribution < -0.4 is 5.32 Å². The number of halogens is 1. The Labute approximate surface area is 165 Å². The van der Waals surface area contributed by atoms with Crippen LogP contribution in [-0.4, -0.2) is 38.7 Å². The van der Waals surface area contributed by atoms with E-state index in [0.717, 1.165) is 5.56 Å². The van der Waals surface area contributed by atoms with Crippen molar-refractivity contribution >= 4 is 40.9 Å². The number of hydrogen-bond acceptors (Lipinski definition) is 6. The number of nitrogens with one attached hydrogen (secondary N) is 1. The fraction of sp³-hybridized carbons (Fsp3) is 0.105. The van der Waals surface area contributed by atoms with E-state index in [1.807, 2.05) is 30.3 Å². The number of nitrogens with zero attached hydrogens (tertiary/aromatic N) is 4. The number of anilines is 1. The van der Waals surface area contributed by atoms with Gasteiger partial charge in [-0.3, -0.25) is 4.79 Å². The number of ether oxygens (including phenoxy) is 1. The number of para-hydroxylation sites is 1. The van der Waals surface area contributed by atoms with Gasteiger partial charge in [0.2, 0.25) is 0 Å². The van der Waals surface area contributed by atoms with Gasteiger partial charge in [0, 0.05) is 0 Å². The summed E-state index contributed by atoms with van der Waals surface area (Å²) in [5.74, 6) is -0.859. The van der Waals surface area contributed by atoms with Gasteiger partial charge in [0.05, 0.1) is 10.7 Å². The molecule has 0 radical (unpaired) electrons. The van der Waals surface area contributed by atoms with Crippen molar-refractivity contribution in [2.24, 2.45) is 0 Å². The molecule has 0 aliphatic rings. The lowest BCUT2D eigenvalue weighted by Crippen LogP contribution is -2.23. The lowest BCUT2D eigenvalue weighted by Gasteiger charge is -2.10. The Morgan fingerprint density at radius 2 is 1.86 bits per heavy atom. The van der Waals surface area contributed by atoms with E-state index in [9.17, 15) is 9.59 Å². The van der Waals surface area contributed by atoms with Crippen LogP contribution in [0.15, 0.2) is 54.6 Å². The van der Waals surface area contributed by atoms with Gasteiger partial charge in [-0.2, -0.15) is 4.68 Å². The lowest BCUT2D eigenvalue weighted by molar-refractivity contribution is -0.141. The summed E-state index contributed by atoms with van der Waals surface area (Å²) in [7, 11) is 0. The minimum absolute atomic E-state index is 0.0826. The number of tetrazole rings is 1. The van der Waals surface area contributed by atoms with E-state index in [0.29, 0.717) is 16.5 Å². The Hall–Kier alpha value is -3.52. The minimum atomic E-state index is -0.742. The predicted molar refractivity (Wildman–Crippen MR) is 104 cm³/mol. The first kappa shape index (κ1) is 19.2. The number of carbonyl (C=O) groups excluding carboxylic acids is 2. The van der Waals surface area contributed by atoms with Crippen LogP contribution in [0.5, 0.6) is 0 Å². The molecule has 0 unspecified atom stereocenters. The van der Waals surface area contributed by atoms with Crippen LogP contribution in [0.4, 0.5) is 5.69 Å². The molecule has 0 bridgehead atoms. The Morgan fingerprint density at radius 1 is 1.14 bits per heavy atom. The van der Waals surface area contributed by atoms with Gasteiger partial charge in [0.1, 0.15) is 0 Å². The van der Waals surface area contributed by atoms with Crippen LogP contribution in [-0.2, 0) is 14.3 Å². The number of rotatable bonds is 6. The Balaban J connectivity index is 1.73. The largest absolute Gasteiger partial charge is 0.451 e. The highest BCUT2D eigenvalue weighted by Crippen LogP contribution is 2.20. The second kappa shape index (κ2) is 8.92. The van der Waals surface area contributed by atoms with Crippen molar-refractivity contribution in [3.05, 3.63) is 71.0 Å². The van der Waals surface area contributed by atoms with Gasteiger partial charge in [-0.25, -0.2) is 4.79 Å². The van der Waals surface area contributed by atoms with Gasteiger partial charge in [0.15, 0.2) is 18.1 Å². The van der Waals surface area contributed by atoms with Gasteiger partial charge >= 0.3 is 5.97 Å². The molecule has 0 aliphatic heterocycles.